The SMILES string of the molecule is C=C(COC)N1CCNC1=O. The van der Waals surface area contributed by atoms with Crippen LogP contribution in [0.15, 0.2) is 12.3 Å². The minimum atomic E-state index is -0.0768. The molecule has 1 heterocycles. The molecule has 0 unspecified atom stereocenters. The highest BCUT2D eigenvalue weighted by Crippen LogP contribution is 2.05. The minimum Gasteiger partial charge on any atom is -0.378 e. The van der Waals surface area contributed by atoms with Crippen LogP contribution in [0.5, 0.6) is 0 Å². The normalized spacial score (nSPS) is 16.8. The second-order valence-electron chi connectivity index (χ2n) is 2.38. The third-order valence-electron chi connectivity index (χ3n) is 1.55. The monoisotopic (exact) mass is 156 g/mol. The van der Waals surface area contributed by atoms with Crippen LogP contribution in [0.1, 0.15) is 0 Å². The molecule has 4 nitrogen and oxygen atoms in total. The molecule has 0 saturated carbocycles. The number of rotatable bonds is 3. The number of amides is 2. The van der Waals surface area contributed by atoms with Gasteiger partial charge in [-0.2, -0.15) is 0 Å². The maximum absolute atomic E-state index is 11.0. The average Bonchev–Trinajstić information content (AvgIpc) is 2.36. The zero-order valence-electron chi connectivity index (χ0n) is 6.59. The number of hydrogen-bond donors (Lipinski definition) is 1. The van der Waals surface area contributed by atoms with Crippen molar-refractivity contribution in [3.8, 4) is 0 Å². The molecule has 1 fully saturated rings. The molecule has 0 aromatic rings. The van der Waals surface area contributed by atoms with Gasteiger partial charge in [0.05, 0.1) is 6.61 Å². The topological polar surface area (TPSA) is 41.6 Å². The zero-order valence-corrected chi connectivity index (χ0v) is 6.59. The zero-order chi connectivity index (χ0) is 8.27. The minimum absolute atomic E-state index is 0.0768. The number of urea groups is 1. The Labute approximate surface area is 65.8 Å². The molecule has 0 aromatic carbocycles. The largest absolute Gasteiger partial charge is 0.378 e. The second-order valence-corrected chi connectivity index (χ2v) is 2.38. The summed E-state index contributed by atoms with van der Waals surface area (Å²) in [7, 11) is 1.58. The smallest absolute Gasteiger partial charge is 0.321 e. The molecule has 1 saturated heterocycles. The summed E-state index contributed by atoms with van der Waals surface area (Å²) >= 11 is 0. The summed E-state index contributed by atoms with van der Waals surface area (Å²) in [5, 5.41) is 2.68. The molecule has 0 aliphatic carbocycles. The van der Waals surface area contributed by atoms with Crippen LogP contribution in [0.4, 0.5) is 4.79 Å². The van der Waals surface area contributed by atoms with Crippen LogP contribution in [0.3, 0.4) is 0 Å². The molecular formula is C7H12N2O2. The van der Waals surface area contributed by atoms with E-state index in [1.54, 1.807) is 12.0 Å². The summed E-state index contributed by atoms with van der Waals surface area (Å²) < 4.78 is 4.84. The predicted molar refractivity (Wildman–Crippen MR) is 41.1 cm³/mol. The lowest BCUT2D eigenvalue weighted by Gasteiger charge is -2.15. The summed E-state index contributed by atoms with van der Waals surface area (Å²) in [5.41, 5.74) is 0.711. The molecule has 4 heteroatoms. The number of hydrogen-bond acceptors (Lipinski definition) is 2. The van der Waals surface area contributed by atoms with Crippen molar-refractivity contribution >= 4 is 6.03 Å². The van der Waals surface area contributed by atoms with Crippen LogP contribution in [-0.2, 0) is 4.74 Å². The van der Waals surface area contributed by atoms with E-state index in [1.807, 2.05) is 0 Å². The highest BCUT2D eigenvalue weighted by atomic mass is 16.5. The predicted octanol–water partition coefficient (Wildman–Crippen LogP) is 0.172. The lowest BCUT2D eigenvalue weighted by molar-refractivity contribution is 0.191. The maximum atomic E-state index is 11.0. The number of carbonyl (C=O) groups is 1. The number of nitrogens with one attached hydrogen (secondary N) is 1. The van der Waals surface area contributed by atoms with E-state index >= 15 is 0 Å². The van der Waals surface area contributed by atoms with E-state index in [9.17, 15) is 4.79 Å². The molecule has 0 atom stereocenters. The van der Waals surface area contributed by atoms with Crippen molar-refractivity contribution in [1.29, 1.82) is 0 Å². The third-order valence-corrected chi connectivity index (χ3v) is 1.55. The van der Waals surface area contributed by atoms with Crippen molar-refractivity contribution in [2.24, 2.45) is 0 Å². The second kappa shape index (κ2) is 3.39. The fourth-order valence-electron chi connectivity index (χ4n) is 1.02. The van der Waals surface area contributed by atoms with Gasteiger partial charge in [0.25, 0.3) is 0 Å². The van der Waals surface area contributed by atoms with E-state index in [-0.39, 0.29) is 6.03 Å². The molecule has 62 valence electrons. The summed E-state index contributed by atoms with van der Waals surface area (Å²) in [4.78, 5) is 12.6. The Kier molecular flexibility index (Phi) is 2.48. The first-order valence-corrected chi connectivity index (χ1v) is 3.48. The van der Waals surface area contributed by atoms with Crippen molar-refractivity contribution in [3.63, 3.8) is 0 Å². The van der Waals surface area contributed by atoms with Crippen LogP contribution in [0.25, 0.3) is 0 Å². The first-order chi connectivity index (χ1) is 5.25. The van der Waals surface area contributed by atoms with Gasteiger partial charge in [0, 0.05) is 25.9 Å². The number of methoxy groups -OCH3 is 1. The molecule has 0 spiro atoms. The van der Waals surface area contributed by atoms with E-state index in [1.165, 1.54) is 0 Å². The Morgan fingerprint density at radius 3 is 3.09 bits per heavy atom. The van der Waals surface area contributed by atoms with Crippen LogP contribution in [-0.4, -0.2) is 37.7 Å². The number of carbonyl (C=O) groups excluding carboxylic acids is 1. The van der Waals surface area contributed by atoms with Gasteiger partial charge in [-0.3, -0.25) is 4.90 Å². The van der Waals surface area contributed by atoms with Crippen molar-refractivity contribution in [1.82, 2.24) is 10.2 Å². The Morgan fingerprint density at radius 1 is 1.91 bits per heavy atom. The standard InChI is InChI=1S/C7H12N2O2/c1-6(5-11-2)9-4-3-8-7(9)10/h1,3-5H2,2H3,(H,8,10). The lowest BCUT2D eigenvalue weighted by atomic mass is 10.4. The molecule has 1 aliphatic heterocycles. The van der Waals surface area contributed by atoms with Gasteiger partial charge in [0.1, 0.15) is 0 Å². The quantitative estimate of drug-likeness (QED) is 0.633. The number of nitrogens with zero attached hydrogens (tertiary/aromatic N) is 1. The highest BCUT2D eigenvalue weighted by molar-refractivity contribution is 5.78. The Balaban J connectivity index is 2.46. The van der Waals surface area contributed by atoms with Crippen LogP contribution in [0.2, 0.25) is 0 Å². The van der Waals surface area contributed by atoms with Crippen molar-refractivity contribution in [2.45, 2.75) is 0 Å². The molecule has 0 radical (unpaired) electrons. The summed E-state index contributed by atoms with van der Waals surface area (Å²) in [5.74, 6) is 0. The molecule has 0 bridgehead atoms. The summed E-state index contributed by atoms with van der Waals surface area (Å²) in [6.45, 7) is 5.52. The van der Waals surface area contributed by atoms with Gasteiger partial charge in [-0.1, -0.05) is 6.58 Å². The Morgan fingerprint density at radius 2 is 2.64 bits per heavy atom. The fraction of sp³-hybridized carbons (Fsp3) is 0.571. The van der Waals surface area contributed by atoms with Crippen molar-refractivity contribution < 1.29 is 9.53 Å². The number of ether oxygens (including phenoxy) is 1. The van der Waals surface area contributed by atoms with Crippen LogP contribution < -0.4 is 5.32 Å². The Bertz CT molecular complexity index is 179. The molecule has 1 aliphatic rings. The van der Waals surface area contributed by atoms with Crippen molar-refractivity contribution in [3.05, 3.63) is 12.3 Å². The van der Waals surface area contributed by atoms with Gasteiger partial charge in [-0.15, -0.1) is 0 Å². The summed E-state index contributed by atoms with van der Waals surface area (Å²) in [6.07, 6.45) is 0. The van der Waals surface area contributed by atoms with E-state index < -0.39 is 0 Å². The van der Waals surface area contributed by atoms with Crippen molar-refractivity contribution in [2.75, 3.05) is 26.8 Å². The average molecular weight is 156 g/mol. The van der Waals surface area contributed by atoms with E-state index in [0.29, 0.717) is 25.4 Å². The van der Waals surface area contributed by atoms with Gasteiger partial charge in [0.2, 0.25) is 0 Å². The first kappa shape index (κ1) is 8.07. The van der Waals surface area contributed by atoms with Crippen LogP contribution in [0, 0.1) is 0 Å². The summed E-state index contributed by atoms with van der Waals surface area (Å²) in [6, 6.07) is -0.0768. The van der Waals surface area contributed by atoms with E-state index in [4.69, 9.17) is 4.74 Å². The van der Waals surface area contributed by atoms with Gasteiger partial charge in [-0.25, -0.2) is 4.79 Å². The molecule has 2 amide bonds. The molecule has 1 N–H and O–H groups in total. The molecule has 11 heavy (non-hydrogen) atoms. The van der Waals surface area contributed by atoms with Gasteiger partial charge in [0.15, 0.2) is 0 Å². The third kappa shape index (κ3) is 1.71. The Hall–Kier alpha value is -1.03. The highest BCUT2D eigenvalue weighted by Gasteiger charge is 2.21. The van der Waals surface area contributed by atoms with Gasteiger partial charge >= 0.3 is 6.03 Å². The maximum Gasteiger partial charge on any atom is 0.321 e. The van der Waals surface area contributed by atoms with Gasteiger partial charge in [-0.05, 0) is 0 Å². The molecule has 1 rings (SSSR count). The molecule has 0 aromatic heterocycles. The lowest BCUT2D eigenvalue weighted by Crippen LogP contribution is -2.28. The molecular weight excluding hydrogens is 144 g/mol. The van der Waals surface area contributed by atoms with Gasteiger partial charge < -0.3 is 10.1 Å². The van der Waals surface area contributed by atoms with E-state index in [2.05, 4.69) is 11.9 Å². The fourth-order valence-corrected chi connectivity index (χ4v) is 1.02. The van der Waals surface area contributed by atoms with Crippen LogP contribution >= 0.6 is 0 Å². The van der Waals surface area contributed by atoms with E-state index in [0.717, 1.165) is 0 Å². The first-order valence-electron chi connectivity index (χ1n) is 3.48.